The van der Waals surface area contributed by atoms with E-state index in [0.29, 0.717) is 11.2 Å². The van der Waals surface area contributed by atoms with Crippen LogP contribution in [0.15, 0.2) is 29.1 Å². The molecule has 0 spiro atoms. The number of esters is 1. The quantitative estimate of drug-likeness (QED) is 0.618. The highest BCUT2D eigenvalue weighted by atomic mass is 32.1. The summed E-state index contributed by atoms with van der Waals surface area (Å²) in [7, 11) is 0. The topological polar surface area (TPSA) is 61.2 Å². The number of hydrogen-bond donors (Lipinski definition) is 0. The molecule has 4 rings (SSSR count). The summed E-state index contributed by atoms with van der Waals surface area (Å²) in [5.74, 6) is 0.108. The second-order valence-electron chi connectivity index (χ2n) is 7.63. The van der Waals surface area contributed by atoms with Crippen molar-refractivity contribution >= 4 is 27.5 Å². The molecule has 0 aliphatic heterocycles. The van der Waals surface area contributed by atoms with Crippen LogP contribution in [0.4, 0.5) is 0 Å². The molecule has 28 heavy (non-hydrogen) atoms. The van der Waals surface area contributed by atoms with Gasteiger partial charge in [-0.25, -0.2) is 4.98 Å². The summed E-state index contributed by atoms with van der Waals surface area (Å²) in [5.41, 5.74) is 2.91. The predicted octanol–water partition coefficient (Wildman–Crippen LogP) is 4.26. The maximum Gasteiger partial charge on any atom is 0.326 e. The molecular formula is C22H24N2O3S. The van der Waals surface area contributed by atoms with Crippen LogP contribution in [-0.2, 0) is 28.9 Å². The Labute approximate surface area is 168 Å². The molecule has 1 aromatic carbocycles. The third-order valence-corrected chi connectivity index (χ3v) is 6.19. The number of rotatable bonds is 4. The molecule has 0 amide bonds. The Kier molecular flexibility index (Phi) is 5.06. The van der Waals surface area contributed by atoms with Gasteiger partial charge in [0, 0.05) is 10.4 Å². The first kappa shape index (κ1) is 18.9. The SMILES string of the molecule is Cc1cccc(-c2nc3sc4c(c3c(=O)n2CC(=O)OC(C)C)CCCC4)c1. The summed E-state index contributed by atoms with van der Waals surface area (Å²) in [6.07, 6.45) is 3.93. The molecule has 0 radical (unpaired) electrons. The van der Waals surface area contributed by atoms with Gasteiger partial charge in [0.05, 0.1) is 11.5 Å². The van der Waals surface area contributed by atoms with Gasteiger partial charge in [-0.2, -0.15) is 0 Å². The van der Waals surface area contributed by atoms with E-state index in [1.54, 1.807) is 25.2 Å². The summed E-state index contributed by atoms with van der Waals surface area (Å²) in [6.45, 7) is 5.48. The Balaban J connectivity index is 1.94. The maximum atomic E-state index is 13.5. The van der Waals surface area contributed by atoms with Crippen molar-refractivity contribution in [1.29, 1.82) is 0 Å². The lowest BCUT2D eigenvalue weighted by Gasteiger charge is -2.15. The predicted molar refractivity (Wildman–Crippen MR) is 112 cm³/mol. The lowest BCUT2D eigenvalue weighted by atomic mass is 9.97. The molecule has 146 valence electrons. The number of aromatic nitrogens is 2. The van der Waals surface area contributed by atoms with Crippen LogP contribution < -0.4 is 5.56 Å². The Hall–Kier alpha value is -2.47. The van der Waals surface area contributed by atoms with Gasteiger partial charge in [0.1, 0.15) is 17.2 Å². The van der Waals surface area contributed by atoms with Gasteiger partial charge in [0.25, 0.3) is 5.56 Å². The second-order valence-corrected chi connectivity index (χ2v) is 8.71. The number of benzene rings is 1. The Morgan fingerprint density at radius 2 is 2.07 bits per heavy atom. The minimum Gasteiger partial charge on any atom is -0.462 e. The molecule has 5 nitrogen and oxygen atoms in total. The van der Waals surface area contributed by atoms with Crippen LogP contribution >= 0.6 is 11.3 Å². The first-order chi connectivity index (χ1) is 13.4. The van der Waals surface area contributed by atoms with Crippen LogP contribution in [0, 0.1) is 6.92 Å². The third kappa shape index (κ3) is 3.49. The first-order valence-electron chi connectivity index (χ1n) is 9.75. The van der Waals surface area contributed by atoms with E-state index in [9.17, 15) is 9.59 Å². The number of carbonyl (C=O) groups is 1. The van der Waals surface area contributed by atoms with Gasteiger partial charge in [-0.1, -0.05) is 23.8 Å². The standard InChI is InChI=1S/C22H24N2O3S/c1-13(2)27-18(25)12-24-20(15-8-6-7-14(3)11-15)23-21-19(22(24)26)16-9-4-5-10-17(16)28-21/h6-8,11,13H,4-5,9-10,12H2,1-3H3. The fourth-order valence-electron chi connectivity index (χ4n) is 3.82. The van der Waals surface area contributed by atoms with Crippen LogP contribution in [0.3, 0.4) is 0 Å². The molecule has 0 fully saturated rings. The zero-order valence-corrected chi connectivity index (χ0v) is 17.3. The number of thiophene rings is 1. The number of carbonyl (C=O) groups excluding carboxylic acids is 1. The largest absolute Gasteiger partial charge is 0.462 e. The molecule has 0 saturated carbocycles. The molecule has 3 aromatic rings. The van der Waals surface area contributed by atoms with Crippen LogP contribution in [-0.4, -0.2) is 21.6 Å². The van der Waals surface area contributed by atoms with Crippen LogP contribution in [0.5, 0.6) is 0 Å². The van der Waals surface area contributed by atoms with Crippen molar-refractivity contribution in [1.82, 2.24) is 9.55 Å². The smallest absolute Gasteiger partial charge is 0.326 e. The lowest BCUT2D eigenvalue weighted by Crippen LogP contribution is -2.29. The summed E-state index contributed by atoms with van der Waals surface area (Å²) in [6, 6.07) is 7.86. The molecule has 2 heterocycles. The molecule has 1 aliphatic rings. The fourth-order valence-corrected chi connectivity index (χ4v) is 5.07. The highest BCUT2D eigenvalue weighted by molar-refractivity contribution is 7.18. The average molecular weight is 397 g/mol. The molecule has 6 heteroatoms. The third-order valence-electron chi connectivity index (χ3n) is 5.01. The van der Waals surface area contributed by atoms with Crippen molar-refractivity contribution in [2.75, 3.05) is 0 Å². The van der Waals surface area contributed by atoms with Crippen molar-refractivity contribution in [3.05, 3.63) is 50.6 Å². The van der Waals surface area contributed by atoms with Gasteiger partial charge in [-0.15, -0.1) is 11.3 Å². The van der Waals surface area contributed by atoms with Gasteiger partial charge in [0.2, 0.25) is 0 Å². The zero-order valence-electron chi connectivity index (χ0n) is 16.4. The molecule has 0 saturated heterocycles. The second kappa shape index (κ2) is 7.51. The highest BCUT2D eigenvalue weighted by Gasteiger charge is 2.23. The number of fused-ring (bicyclic) bond motifs is 3. The van der Waals surface area contributed by atoms with E-state index < -0.39 is 5.97 Å². The molecule has 2 aromatic heterocycles. The summed E-state index contributed by atoms with van der Waals surface area (Å²) < 4.78 is 6.80. The van der Waals surface area contributed by atoms with Crippen molar-refractivity contribution < 1.29 is 9.53 Å². The van der Waals surface area contributed by atoms with Gasteiger partial charge >= 0.3 is 5.97 Å². The number of ether oxygens (including phenoxy) is 1. The van der Waals surface area contributed by atoms with Crippen LogP contribution in [0.25, 0.3) is 21.6 Å². The molecule has 0 N–H and O–H groups in total. The average Bonchev–Trinajstić information content (AvgIpc) is 3.02. The van der Waals surface area contributed by atoms with E-state index in [-0.39, 0.29) is 18.2 Å². The highest BCUT2D eigenvalue weighted by Crippen LogP contribution is 2.34. The monoisotopic (exact) mass is 396 g/mol. The van der Waals surface area contributed by atoms with Crippen molar-refractivity contribution in [3.63, 3.8) is 0 Å². The minimum atomic E-state index is -0.420. The Bertz CT molecular complexity index is 1110. The molecule has 0 atom stereocenters. The Morgan fingerprint density at radius 3 is 2.82 bits per heavy atom. The zero-order chi connectivity index (χ0) is 19.8. The van der Waals surface area contributed by atoms with E-state index in [0.717, 1.165) is 47.2 Å². The molecule has 1 aliphatic carbocycles. The molecule has 0 unspecified atom stereocenters. The lowest BCUT2D eigenvalue weighted by molar-refractivity contribution is -0.148. The number of nitrogens with zero attached hydrogens (tertiary/aromatic N) is 2. The maximum absolute atomic E-state index is 13.5. The molecule has 0 bridgehead atoms. The van der Waals surface area contributed by atoms with E-state index >= 15 is 0 Å². The van der Waals surface area contributed by atoms with Crippen molar-refractivity contribution in [3.8, 4) is 11.4 Å². The molecular weight excluding hydrogens is 372 g/mol. The van der Waals surface area contributed by atoms with Crippen molar-refractivity contribution in [2.45, 2.75) is 59.1 Å². The summed E-state index contributed by atoms with van der Waals surface area (Å²) in [4.78, 5) is 32.8. The van der Waals surface area contributed by atoms with Crippen LogP contribution in [0.2, 0.25) is 0 Å². The first-order valence-corrected chi connectivity index (χ1v) is 10.6. The van der Waals surface area contributed by atoms with E-state index in [2.05, 4.69) is 0 Å². The minimum absolute atomic E-state index is 0.131. The number of aryl methyl sites for hydroxylation is 3. The van der Waals surface area contributed by atoms with Gasteiger partial charge < -0.3 is 4.74 Å². The summed E-state index contributed by atoms with van der Waals surface area (Å²) in [5, 5.41) is 0.688. The normalized spacial score (nSPS) is 13.7. The Morgan fingerprint density at radius 1 is 1.29 bits per heavy atom. The fraction of sp³-hybridized carbons (Fsp3) is 0.409. The van der Waals surface area contributed by atoms with E-state index in [1.165, 1.54) is 9.44 Å². The number of hydrogen-bond acceptors (Lipinski definition) is 5. The van der Waals surface area contributed by atoms with Gasteiger partial charge in [-0.05, 0) is 58.1 Å². The summed E-state index contributed by atoms with van der Waals surface area (Å²) >= 11 is 1.62. The van der Waals surface area contributed by atoms with E-state index in [4.69, 9.17) is 9.72 Å². The van der Waals surface area contributed by atoms with Gasteiger partial charge in [0.15, 0.2) is 0 Å². The van der Waals surface area contributed by atoms with Crippen molar-refractivity contribution in [2.24, 2.45) is 0 Å². The van der Waals surface area contributed by atoms with E-state index in [1.807, 2.05) is 31.2 Å². The van der Waals surface area contributed by atoms with Crippen LogP contribution in [0.1, 0.15) is 42.7 Å². The van der Waals surface area contributed by atoms with Gasteiger partial charge in [-0.3, -0.25) is 14.2 Å².